The van der Waals surface area contributed by atoms with Gasteiger partial charge in [0.25, 0.3) is 0 Å². The number of benzene rings is 7. The van der Waals surface area contributed by atoms with Crippen LogP contribution in [0.5, 0.6) is 23.0 Å². The smallest absolute Gasteiger partial charge is 0.144 e. The van der Waals surface area contributed by atoms with Gasteiger partial charge in [0.2, 0.25) is 0 Å². The van der Waals surface area contributed by atoms with E-state index in [9.17, 15) is 0 Å². The zero-order valence-electron chi connectivity index (χ0n) is 19.8. The standard InChI is InChI=1S/C34H21BrO2/c35-31-15-7-14-30-32(31)34(37-27-19-17-23-9-2-4-11-25(23)21-27)29-13-6-5-12-28(29)33(30)36-26-18-16-22-8-1-3-10-24(22)20-26/h1-21H. The molecule has 7 aromatic rings. The first-order chi connectivity index (χ1) is 18.2. The lowest BCUT2D eigenvalue weighted by Crippen LogP contribution is -1.94. The fourth-order valence-corrected chi connectivity index (χ4v) is 5.56. The van der Waals surface area contributed by atoms with E-state index in [-0.39, 0.29) is 0 Å². The highest BCUT2D eigenvalue weighted by molar-refractivity contribution is 9.10. The van der Waals surface area contributed by atoms with Crippen molar-refractivity contribution in [1.29, 1.82) is 0 Å². The molecule has 0 saturated carbocycles. The van der Waals surface area contributed by atoms with Crippen LogP contribution in [0.4, 0.5) is 0 Å². The second-order valence-electron chi connectivity index (χ2n) is 9.09. The Kier molecular flexibility index (Phi) is 5.30. The normalized spacial score (nSPS) is 11.4. The molecule has 0 aromatic heterocycles. The van der Waals surface area contributed by atoms with Gasteiger partial charge >= 0.3 is 0 Å². The highest BCUT2D eigenvalue weighted by Gasteiger charge is 2.19. The van der Waals surface area contributed by atoms with Crippen LogP contribution in [0.15, 0.2) is 132 Å². The Bertz CT molecular complexity index is 1960. The molecule has 2 nitrogen and oxygen atoms in total. The van der Waals surface area contributed by atoms with Crippen LogP contribution < -0.4 is 9.47 Å². The molecule has 0 amide bonds. The van der Waals surface area contributed by atoms with Gasteiger partial charge in [-0.3, -0.25) is 0 Å². The molecule has 0 heterocycles. The largest absolute Gasteiger partial charge is 0.456 e. The Hall–Kier alpha value is -4.34. The minimum Gasteiger partial charge on any atom is -0.456 e. The van der Waals surface area contributed by atoms with Gasteiger partial charge in [0, 0.05) is 26.0 Å². The fourth-order valence-electron chi connectivity index (χ4n) is 5.02. The molecule has 0 aliphatic rings. The molecule has 0 saturated heterocycles. The average Bonchev–Trinajstić information content (AvgIpc) is 2.94. The molecule has 0 spiro atoms. The van der Waals surface area contributed by atoms with E-state index in [4.69, 9.17) is 9.47 Å². The molecule has 7 rings (SSSR count). The van der Waals surface area contributed by atoms with Gasteiger partial charge in [0.1, 0.15) is 23.0 Å². The lowest BCUT2D eigenvalue weighted by atomic mass is 10.0. The Morgan fingerprint density at radius 3 is 1.51 bits per heavy atom. The zero-order chi connectivity index (χ0) is 24.8. The van der Waals surface area contributed by atoms with Gasteiger partial charge < -0.3 is 9.47 Å². The van der Waals surface area contributed by atoms with Crippen LogP contribution in [-0.4, -0.2) is 0 Å². The van der Waals surface area contributed by atoms with E-state index >= 15 is 0 Å². The first-order valence-electron chi connectivity index (χ1n) is 12.2. The molecule has 37 heavy (non-hydrogen) atoms. The zero-order valence-corrected chi connectivity index (χ0v) is 21.4. The SMILES string of the molecule is Brc1cccc2c(Oc3ccc4ccccc4c3)c3ccccc3c(Oc3ccc4ccccc4c3)c12. The third kappa shape index (κ3) is 3.89. The molecule has 176 valence electrons. The minimum atomic E-state index is 0.795. The number of ether oxygens (including phenoxy) is 2. The molecule has 7 aromatic carbocycles. The summed E-state index contributed by atoms with van der Waals surface area (Å²) in [4.78, 5) is 0. The minimum absolute atomic E-state index is 0.795. The first-order valence-corrected chi connectivity index (χ1v) is 13.0. The molecule has 0 unspecified atom stereocenters. The third-order valence-corrected chi connectivity index (χ3v) is 7.44. The predicted molar refractivity (Wildman–Crippen MR) is 157 cm³/mol. The second-order valence-corrected chi connectivity index (χ2v) is 9.94. The summed E-state index contributed by atoms with van der Waals surface area (Å²) in [6, 6.07) is 43.5. The van der Waals surface area contributed by atoms with E-state index in [1.54, 1.807) is 0 Å². The van der Waals surface area contributed by atoms with Gasteiger partial charge in [-0.25, -0.2) is 0 Å². The first kappa shape index (κ1) is 21.9. The third-order valence-electron chi connectivity index (χ3n) is 6.78. The number of hydrogen-bond acceptors (Lipinski definition) is 2. The molecular weight excluding hydrogens is 520 g/mol. The summed E-state index contributed by atoms with van der Waals surface area (Å²) < 4.78 is 14.3. The van der Waals surface area contributed by atoms with Crippen LogP contribution in [0, 0.1) is 0 Å². The van der Waals surface area contributed by atoms with Crippen molar-refractivity contribution < 1.29 is 9.47 Å². The number of halogens is 1. The van der Waals surface area contributed by atoms with Crippen LogP contribution in [-0.2, 0) is 0 Å². The van der Waals surface area contributed by atoms with Gasteiger partial charge in [0.05, 0.1) is 0 Å². The molecule has 0 radical (unpaired) electrons. The van der Waals surface area contributed by atoms with Gasteiger partial charge in [-0.15, -0.1) is 0 Å². The lowest BCUT2D eigenvalue weighted by molar-refractivity contribution is 0.486. The van der Waals surface area contributed by atoms with Crippen LogP contribution in [0.2, 0.25) is 0 Å². The Labute approximate surface area is 222 Å². The summed E-state index contributed by atoms with van der Waals surface area (Å²) in [5, 5.41) is 8.61. The fraction of sp³-hybridized carbons (Fsp3) is 0. The van der Waals surface area contributed by atoms with Crippen molar-refractivity contribution >= 4 is 59.0 Å². The molecule has 0 atom stereocenters. The molecular formula is C34H21BrO2. The molecule has 0 aliphatic carbocycles. The number of fused-ring (bicyclic) bond motifs is 4. The van der Waals surface area contributed by atoms with E-state index in [0.29, 0.717) is 0 Å². The highest BCUT2D eigenvalue weighted by Crippen LogP contribution is 2.48. The van der Waals surface area contributed by atoms with Crippen molar-refractivity contribution in [2.45, 2.75) is 0 Å². The molecule has 0 N–H and O–H groups in total. The predicted octanol–water partition coefficient (Wildman–Crippen LogP) is 10.6. The summed E-state index contributed by atoms with van der Waals surface area (Å²) >= 11 is 3.80. The van der Waals surface area contributed by atoms with E-state index in [1.165, 1.54) is 10.8 Å². The summed E-state index contributed by atoms with van der Waals surface area (Å²) in [6.45, 7) is 0. The maximum absolute atomic E-state index is 6.67. The van der Waals surface area contributed by atoms with Gasteiger partial charge in [-0.1, -0.05) is 113 Å². The van der Waals surface area contributed by atoms with Crippen LogP contribution >= 0.6 is 15.9 Å². The van der Waals surface area contributed by atoms with Crippen molar-refractivity contribution in [3.8, 4) is 23.0 Å². The molecule has 0 bridgehead atoms. The van der Waals surface area contributed by atoms with Gasteiger partial charge in [-0.05, 0) is 51.9 Å². The Morgan fingerprint density at radius 2 is 0.892 bits per heavy atom. The Balaban J connectivity index is 1.44. The van der Waals surface area contributed by atoms with Crippen molar-refractivity contribution in [3.63, 3.8) is 0 Å². The number of rotatable bonds is 4. The molecule has 3 heteroatoms. The molecule has 0 fully saturated rings. The van der Waals surface area contributed by atoms with Gasteiger partial charge in [-0.2, -0.15) is 0 Å². The summed E-state index contributed by atoms with van der Waals surface area (Å²) in [7, 11) is 0. The maximum Gasteiger partial charge on any atom is 0.144 e. The maximum atomic E-state index is 6.67. The quantitative estimate of drug-likeness (QED) is 0.206. The summed E-state index contributed by atoms with van der Waals surface area (Å²) in [6.07, 6.45) is 0. The van der Waals surface area contributed by atoms with E-state index in [0.717, 1.165) is 59.8 Å². The highest BCUT2D eigenvalue weighted by atomic mass is 79.9. The topological polar surface area (TPSA) is 18.5 Å². The second kappa shape index (κ2) is 8.95. The van der Waals surface area contributed by atoms with Crippen LogP contribution in [0.25, 0.3) is 43.1 Å². The van der Waals surface area contributed by atoms with Crippen LogP contribution in [0.3, 0.4) is 0 Å². The molecule has 0 aliphatic heterocycles. The van der Waals surface area contributed by atoms with E-state index in [2.05, 4.69) is 94.8 Å². The van der Waals surface area contributed by atoms with Crippen molar-refractivity contribution in [1.82, 2.24) is 0 Å². The van der Waals surface area contributed by atoms with Crippen molar-refractivity contribution in [3.05, 3.63) is 132 Å². The van der Waals surface area contributed by atoms with E-state index in [1.807, 2.05) is 48.5 Å². The summed E-state index contributed by atoms with van der Waals surface area (Å²) in [5.74, 6) is 3.21. The summed E-state index contributed by atoms with van der Waals surface area (Å²) in [5.41, 5.74) is 0. The van der Waals surface area contributed by atoms with Gasteiger partial charge in [0.15, 0.2) is 0 Å². The average molecular weight is 541 g/mol. The monoisotopic (exact) mass is 540 g/mol. The van der Waals surface area contributed by atoms with E-state index < -0.39 is 0 Å². The van der Waals surface area contributed by atoms with Crippen molar-refractivity contribution in [2.75, 3.05) is 0 Å². The number of hydrogen-bond donors (Lipinski definition) is 0. The van der Waals surface area contributed by atoms with Crippen molar-refractivity contribution in [2.24, 2.45) is 0 Å². The lowest BCUT2D eigenvalue weighted by Gasteiger charge is -2.19. The Morgan fingerprint density at radius 1 is 0.405 bits per heavy atom. The van der Waals surface area contributed by atoms with Crippen LogP contribution in [0.1, 0.15) is 0 Å².